The molecule has 53 heavy (non-hydrogen) atoms. The molecular formula is C41H50ClN5O6. The third-order valence-electron chi connectivity index (χ3n) is 9.79. The van der Waals surface area contributed by atoms with Crippen molar-refractivity contribution in [2.75, 3.05) is 46.9 Å². The van der Waals surface area contributed by atoms with E-state index in [1.165, 1.54) is 32.6 Å². The van der Waals surface area contributed by atoms with Gasteiger partial charge >= 0.3 is 0 Å². The highest BCUT2D eigenvalue weighted by molar-refractivity contribution is 6.31. The fraction of sp³-hybridized carbons (Fsp3) is 0.415. The first-order valence-corrected chi connectivity index (χ1v) is 18.6. The maximum Gasteiger partial charge on any atom is 0.254 e. The van der Waals surface area contributed by atoms with Crippen molar-refractivity contribution in [2.45, 2.75) is 46.1 Å². The van der Waals surface area contributed by atoms with Gasteiger partial charge in [0.25, 0.3) is 5.91 Å². The lowest BCUT2D eigenvalue weighted by Gasteiger charge is -2.39. The average molecular weight is 744 g/mol. The van der Waals surface area contributed by atoms with Crippen molar-refractivity contribution < 1.29 is 28.7 Å². The van der Waals surface area contributed by atoms with E-state index in [0.717, 1.165) is 16.5 Å². The van der Waals surface area contributed by atoms with E-state index in [9.17, 15) is 19.2 Å². The van der Waals surface area contributed by atoms with Gasteiger partial charge in [0.1, 0.15) is 0 Å². The van der Waals surface area contributed by atoms with Gasteiger partial charge < -0.3 is 34.9 Å². The summed E-state index contributed by atoms with van der Waals surface area (Å²) in [6, 6.07) is 21.2. The van der Waals surface area contributed by atoms with E-state index in [1.807, 2.05) is 26.0 Å². The fourth-order valence-electron chi connectivity index (χ4n) is 7.15. The van der Waals surface area contributed by atoms with E-state index >= 15 is 0 Å². The summed E-state index contributed by atoms with van der Waals surface area (Å²) in [5.41, 5.74) is 3.59. The number of fused-ring (bicyclic) bond motifs is 2. The van der Waals surface area contributed by atoms with Crippen LogP contribution in [-0.2, 0) is 27.2 Å². The second-order valence-corrected chi connectivity index (χ2v) is 14.3. The Morgan fingerprint density at radius 1 is 0.943 bits per heavy atom. The number of nitrogens with one attached hydrogen (secondary N) is 3. The zero-order chi connectivity index (χ0) is 38.1. The van der Waals surface area contributed by atoms with Crippen molar-refractivity contribution in [3.05, 3.63) is 94.6 Å². The van der Waals surface area contributed by atoms with Crippen molar-refractivity contribution in [3.63, 3.8) is 0 Å². The number of likely N-dealkylation sites (tertiary alicyclic amines) is 2. The number of aromatic amines is 1. The molecule has 3 heterocycles. The minimum atomic E-state index is -0.589. The lowest BCUT2D eigenvalue weighted by atomic mass is 9.79. The molecule has 2 fully saturated rings. The van der Waals surface area contributed by atoms with Crippen molar-refractivity contribution in [2.24, 2.45) is 17.8 Å². The number of nitrogens with zero attached hydrogens (tertiary/aromatic N) is 2. The largest absolute Gasteiger partial charge is 0.493 e. The number of H-pyrrole nitrogens is 1. The smallest absolute Gasteiger partial charge is 0.254 e. The van der Waals surface area contributed by atoms with Gasteiger partial charge in [-0.05, 0) is 79.6 Å². The Labute approximate surface area is 316 Å². The molecule has 12 heteroatoms. The molecule has 3 atom stereocenters. The Bertz CT molecular complexity index is 1900. The van der Waals surface area contributed by atoms with Crippen LogP contribution in [0.15, 0.2) is 72.9 Å². The Kier molecular flexibility index (Phi) is 13.4. The number of likely N-dealkylation sites (N-methyl/N-ethyl adjacent to an activating group) is 1. The van der Waals surface area contributed by atoms with Gasteiger partial charge in [-0.25, -0.2) is 0 Å². The summed E-state index contributed by atoms with van der Waals surface area (Å²) in [4.78, 5) is 59.3. The third-order valence-corrected chi connectivity index (χ3v) is 10.0. The molecule has 2 aliphatic heterocycles. The Hall–Kier alpha value is -5.03. The van der Waals surface area contributed by atoms with Crippen molar-refractivity contribution in [1.82, 2.24) is 25.4 Å². The minimum absolute atomic E-state index is 0.0573. The lowest BCUT2D eigenvalue weighted by molar-refractivity contribution is -0.139. The molecule has 3 unspecified atom stereocenters. The molecule has 3 aromatic carbocycles. The number of aryl methyl sites for hydroxylation is 1. The molecule has 0 saturated carbocycles. The van der Waals surface area contributed by atoms with Crippen LogP contribution >= 0.6 is 11.6 Å². The number of methoxy groups -OCH3 is 1. The van der Waals surface area contributed by atoms with E-state index in [1.54, 1.807) is 40.3 Å². The van der Waals surface area contributed by atoms with E-state index < -0.39 is 5.92 Å². The number of benzene rings is 3. The molecule has 0 bridgehead atoms. The van der Waals surface area contributed by atoms with E-state index in [-0.39, 0.29) is 61.1 Å². The number of halogens is 1. The molecule has 2 saturated heterocycles. The third kappa shape index (κ3) is 9.90. The Morgan fingerprint density at radius 3 is 2.40 bits per heavy atom. The molecule has 0 aliphatic carbocycles. The first-order valence-electron chi connectivity index (χ1n) is 18.2. The quantitative estimate of drug-likeness (QED) is 0.186. The number of ether oxygens (including phenoxy) is 2. The second kappa shape index (κ2) is 18.1. The van der Waals surface area contributed by atoms with Gasteiger partial charge in [0.05, 0.1) is 32.1 Å². The number of carbonyl (C=O) groups excluding carboxylic acids is 4. The van der Waals surface area contributed by atoms with Gasteiger partial charge in [-0.1, -0.05) is 55.3 Å². The average Bonchev–Trinajstić information content (AvgIpc) is 3.77. The van der Waals surface area contributed by atoms with Crippen LogP contribution in [0.5, 0.6) is 11.5 Å². The van der Waals surface area contributed by atoms with Gasteiger partial charge in [0, 0.05) is 60.9 Å². The highest BCUT2D eigenvalue weighted by Gasteiger charge is 2.48. The van der Waals surface area contributed by atoms with Crippen molar-refractivity contribution >= 4 is 46.1 Å². The Balaban J connectivity index is 0.000000526. The molecule has 6 rings (SSSR count). The van der Waals surface area contributed by atoms with Gasteiger partial charge in [-0.15, -0.1) is 0 Å². The van der Waals surface area contributed by atoms with Gasteiger partial charge in [0.2, 0.25) is 17.7 Å². The van der Waals surface area contributed by atoms with Crippen LogP contribution < -0.4 is 20.1 Å². The van der Waals surface area contributed by atoms with Crippen LogP contribution in [0, 0.1) is 17.8 Å². The van der Waals surface area contributed by atoms with Crippen molar-refractivity contribution in [1.29, 1.82) is 0 Å². The number of amides is 4. The summed E-state index contributed by atoms with van der Waals surface area (Å²) in [6.07, 6.45) is 4.33. The maximum atomic E-state index is 13.7. The van der Waals surface area contributed by atoms with Gasteiger partial charge in [0.15, 0.2) is 11.5 Å². The summed E-state index contributed by atoms with van der Waals surface area (Å²) in [7, 11) is 3.03. The van der Waals surface area contributed by atoms with Crippen LogP contribution in [0.25, 0.3) is 10.9 Å². The molecular weight excluding hydrogens is 694 g/mol. The highest BCUT2D eigenvalue weighted by atomic mass is 35.5. The first-order chi connectivity index (χ1) is 25.5. The SMILES string of the molecule is CCCc1ccccc1.CNC(=O)CNC(=O)C1CN(C(=O)Cc2c[nH]c3ccc(Cl)cc23)CC2CN(C(=O)c3ccc(OC(C)C)c(OC)c3)CC21. The summed E-state index contributed by atoms with van der Waals surface area (Å²) in [5.74, 6) is -0.814. The maximum absolute atomic E-state index is 13.7. The molecule has 0 radical (unpaired) electrons. The number of hydrogen-bond donors (Lipinski definition) is 3. The van der Waals surface area contributed by atoms with Gasteiger partial charge in [-0.3, -0.25) is 19.2 Å². The van der Waals surface area contributed by atoms with Crippen LogP contribution in [0.1, 0.15) is 48.7 Å². The number of rotatable bonds is 11. The monoisotopic (exact) mass is 743 g/mol. The molecule has 1 aromatic heterocycles. The molecule has 3 N–H and O–H groups in total. The molecule has 282 valence electrons. The molecule has 4 amide bonds. The van der Waals surface area contributed by atoms with E-state index in [0.29, 0.717) is 41.7 Å². The number of hydrogen-bond acceptors (Lipinski definition) is 6. The van der Waals surface area contributed by atoms with Crippen molar-refractivity contribution in [3.8, 4) is 11.5 Å². The van der Waals surface area contributed by atoms with Crippen LogP contribution in [-0.4, -0.2) is 91.4 Å². The zero-order valence-corrected chi connectivity index (χ0v) is 31.9. The summed E-state index contributed by atoms with van der Waals surface area (Å²) < 4.78 is 11.3. The molecule has 0 spiro atoms. The number of piperidine rings is 1. The fourth-order valence-corrected chi connectivity index (χ4v) is 7.32. The normalized spacial score (nSPS) is 17.8. The second-order valence-electron chi connectivity index (χ2n) is 13.9. The topological polar surface area (TPSA) is 133 Å². The predicted molar refractivity (Wildman–Crippen MR) is 206 cm³/mol. The van der Waals surface area contributed by atoms with E-state index in [4.69, 9.17) is 21.1 Å². The molecule has 2 aliphatic rings. The van der Waals surface area contributed by atoms with E-state index in [2.05, 4.69) is 52.9 Å². The first kappa shape index (κ1) is 39.2. The van der Waals surface area contributed by atoms with Gasteiger partial charge in [-0.2, -0.15) is 0 Å². The van der Waals surface area contributed by atoms with Crippen LogP contribution in [0.4, 0.5) is 0 Å². The summed E-state index contributed by atoms with van der Waals surface area (Å²) >= 11 is 6.21. The lowest BCUT2D eigenvalue weighted by Crippen LogP contribution is -2.54. The number of carbonyl (C=O) groups is 4. The summed E-state index contributed by atoms with van der Waals surface area (Å²) in [6.45, 7) is 7.22. The highest BCUT2D eigenvalue weighted by Crippen LogP contribution is 2.37. The molecule has 4 aromatic rings. The summed E-state index contributed by atoms with van der Waals surface area (Å²) in [5, 5.41) is 6.67. The number of aromatic nitrogens is 1. The van der Waals surface area contributed by atoms with Crippen LogP contribution in [0.2, 0.25) is 5.02 Å². The zero-order valence-electron chi connectivity index (χ0n) is 31.1. The predicted octanol–water partition coefficient (Wildman–Crippen LogP) is 5.51. The molecule has 11 nitrogen and oxygen atoms in total. The Morgan fingerprint density at radius 2 is 1.70 bits per heavy atom. The standard InChI is InChI=1S/C32H38ClN5O6.C9H12/c1-18(2)44-27-8-5-19(9-28(27)43-4)32(42)38-15-21-14-37(17-25(24(21)16-38)31(41)36-13-29(39)34-3)30(40)10-20-12-35-26-7-6-22(33)11-23(20)26;1-2-6-9-7-4-3-5-8-9/h5-9,11-12,18,21,24-25,35H,10,13-17H2,1-4H3,(H,34,39)(H,36,41);3-5,7-8H,2,6H2,1H3. The van der Waals surface area contributed by atoms with Crippen LogP contribution in [0.3, 0.4) is 0 Å². The minimum Gasteiger partial charge on any atom is -0.493 e.